The summed E-state index contributed by atoms with van der Waals surface area (Å²) in [5.41, 5.74) is 2.49. The zero-order valence-electron chi connectivity index (χ0n) is 8.29. The van der Waals surface area contributed by atoms with Gasteiger partial charge in [-0.05, 0) is 24.0 Å². The van der Waals surface area contributed by atoms with E-state index >= 15 is 0 Å². The van der Waals surface area contributed by atoms with E-state index in [1.807, 2.05) is 18.0 Å². The first-order valence-corrected chi connectivity index (χ1v) is 5.08. The summed E-state index contributed by atoms with van der Waals surface area (Å²) in [6, 6.07) is 8.35. The number of hydrogen-bond donors (Lipinski definition) is 0. The van der Waals surface area contributed by atoms with Crippen LogP contribution in [0.5, 0.6) is 0 Å². The van der Waals surface area contributed by atoms with Crippen molar-refractivity contribution in [2.45, 2.75) is 24.8 Å². The second-order valence-electron chi connectivity index (χ2n) is 4.40. The van der Waals surface area contributed by atoms with Gasteiger partial charge in [-0.2, -0.15) is 0 Å². The van der Waals surface area contributed by atoms with E-state index in [1.165, 1.54) is 11.1 Å². The zero-order valence-corrected chi connectivity index (χ0v) is 8.29. The van der Waals surface area contributed by atoms with Crippen LogP contribution >= 0.6 is 0 Å². The third kappa shape index (κ3) is 0.834. The van der Waals surface area contributed by atoms with Gasteiger partial charge < -0.3 is 4.90 Å². The van der Waals surface area contributed by atoms with E-state index in [2.05, 4.69) is 18.2 Å². The Morgan fingerprint density at radius 2 is 2.00 bits per heavy atom. The highest BCUT2D eigenvalue weighted by Gasteiger charge is 2.55. The van der Waals surface area contributed by atoms with Crippen LogP contribution in [0.2, 0.25) is 0 Å². The number of rotatable bonds is 0. The van der Waals surface area contributed by atoms with Crippen LogP contribution in [0.15, 0.2) is 24.3 Å². The summed E-state index contributed by atoms with van der Waals surface area (Å²) in [4.78, 5) is 13.9. The van der Waals surface area contributed by atoms with E-state index in [4.69, 9.17) is 0 Å². The number of hydrogen-bond acceptors (Lipinski definition) is 1. The Morgan fingerprint density at radius 3 is 2.71 bits per heavy atom. The van der Waals surface area contributed by atoms with Crippen molar-refractivity contribution < 1.29 is 4.79 Å². The van der Waals surface area contributed by atoms with E-state index < -0.39 is 0 Å². The minimum atomic E-state index is -0.121. The molecule has 72 valence electrons. The van der Waals surface area contributed by atoms with Crippen LogP contribution in [0.3, 0.4) is 0 Å². The Hall–Kier alpha value is -1.31. The van der Waals surface area contributed by atoms with Crippen LogP contribution < -0.4 is 0 Å². The molecule has 0 atom stereocenters. The summed E-state index contributed by atoms with van der Waals surface area (Å²) in [5, 5.41) is 0. The Bertz CT molecular complexity index is 407. The average Bonchev–Trinajstić information content (AvgIpc) is 2.97. The minimum Gasteiger partial charge on any atom is -0.341 e. The number of likely N-dealkylation sites (N-methyl/N-ethyl adjacent to an activating group) is 1. The first kappa shape index (κ1) is 8.04. The van der Waals surface area contributed by atoms with Crippen molar-refractivity contribution in [1.29, 1.82) is 0 Å². The van der Waals surface area contributed by atoms with E-state index in [1.54, 1.807) is 0 Å². The van der Waals surface area contributed by atoms with Crippen LogP contribution in [-0.2, 0) is 16.8 Å². The van der Waals surface area contributed by atoms with Gasteiger partial charge in [-0.1, -0.05) is 24.3 Å². The predicted octanol–water partition coefficient (Wildman–Crippen LogP) is 1.69. The molecule has 0 N–H and O–H groups in total. The first-order valence-electron chi connectivity index (χ1n) is 5.08. The number of carbonyl (C=O) groups is 1. The molecule has 1 aromatic rings. The largest absolute Gasteiger partial charge is 0.341 e. The molecule has 2 nitrogen and oxygen atoms in total. The highest BCUT2D eigenvalue weighted by atomic mass is 16.2. The van der Waals surface area contributed by atoms with Crippen LogP contribution in [0.1, 0.15) is 24.0 Å². The molecule has 2 heteroatoms. The van der Waals surface area contributed by atoms with Crippen molar-refractivity contribution in [3.05, 3.63) is 35.4 Å². The quantitative estimate of drug-likeness (QED) is 0.605. The molecule has 0 radical (unpaired) electrons. The second kappa shape index (κ2) is 2.38. The first-order chi connectivity index (χ1) is 6.74. The lowest BCUT2D eigenvalue weighted by atomic mass is 9.86. The van der Waals surface area contributed by atoms with E-state index in [0.29, 0.717) is 5.91 Å². The predicted molar refractivity (Wildman–Crippen MR) is 53.8 cm³/mol. The maximum atomic E-state index is 12.0. The number of amides is 1. The summed E-state index contributed by atoms with van der Waals surface area (Å²) >= 11 is 0. The fourth-order valence-corrected chi connectivity index (χ4v) is 2.54. The molecule has 1 fully saturated rings. The van der Waals surface area contributed by atoms with Crippen LogP contribution in [-0.4, -0.2) is 17.9 Å². The molecule has 1 spiro atoms. The van der Waals surface area contributed by atoms with Gasteiger partial charge in [0.1, 0.15) is 0 Å². The van der Waals surface area contributed by atoms with E-state index in [-0.39, 0.29) is 5.41 Å². The summed E-state index contributed by atoms with van der Waals surface area (Å²) in [7, 11) is 1.90. The molecule has 0 unspecified atom stereocenters. The molecule has 2 aliphatic rings. The Balaban J connectivity index is 2.19. The highest BCUT2D eigenvalue weighted by Crippen LogP contribution is 2.52. The fraction of sp³-hybridized carbons (Fsp3) is 0.417. The van der Waals surface area contributed by atoms with E-state index in [0.717, 1.165) is 19.4 Å². The summed E-state index contributed by atoms with van der Waals surface area (Å²) < 4.78 is 0. The Kier molecular flexibility index (Phi) is 1.37. The van der Waals surface area contributed by atoms with Gasteiger partial charge in [0.15, 0.2) is 0 Å². The molecule has 1 amide bonds. The molecule has 0 aromatic heterocycles. The van der Waals surface area contributed by atoms with Gasteiger partial charge in [0.25, 0.3) is 0 Å². The molecule has 1 heterocycles. The molecule has 1 aromatic carbocycles. The molecule has 0 saturated heterocycles. The zero-order chi connectivity index (χ0) is 9.76. The Labute approximate surface area is 83.5 Å². The summed E-state index contributed by atoms with van der Waals surface area (Å²) in [5.74, 6) is 0.316. The molecule has 3 rings (SSSR count). The van der Waals surface area contributed by atoms with Crippen molar-refractivity contribution >= 4 is 5.91 Å². The number of fused-ring (bicyclic) bond motifs is 2. The van der Waals surface area contributed by atoms with Crippen molar-refractivity contribution in [3.8, 4) is 0 Å². The highest BCUT2D eigenvalue weighted by molar-refractivity contribution is 5.93. The monoisotopic (exact) mass is 187 g/mol. The van der Waals surface area contributed by atoms with Crippen molar-refractivity contribution in [2.75, 3.05) is 7.05 Å². The van der Waals surface area contributed by atoms with Crippen LogP contribution in [0, 0.1) is 0 Å². The molecule has 1 saturated carbocycles. The summed E-state index contributed by atoms with van der Waals surface area (Å²) in [6.45, 7) is 0.775. The lowest BCUT2D eigenvalue weighted by Crippen LogP contribution is -2.41. The minimum absolute atomic E-state index is 0.121. The van der Waals surface area contributed by atoms with Crippen molar-refractivity contribution in [1.82, 2.24) is 4.90 Å². The normalized spacial score (nSPS) is 22.4. The van der Waals surface area contributed by atoms with Crippen molar-refractivity contribution in [2.24, 2.45) is 0 Å². The standard InChI is InChI=1S/C12H13NO/c1-13-8-9-4-2-3-5-10(9)12(6-7-12)11(13)14/h2-5H,6-8H2,1H3. The van der Waals surface area contributed by atoms with Gasteiger partial charge in [-0.15, -0.1) is 0 Å². The van der Waals surface area contributed by atoms with Crippen LogP contribution in [0.4, 0.5) is 0 Å². The van der Waals surface area contributed by atoms with E-state index in [9.17, 15) is 4.79 Å². The molecular weight excluding hydrogens is 174 g/mol. The van der Waals surface area contributed by atoms with Gasteiger partial charge in [0.2, 0.25) is 5.91 Å². The Morgan fingerprint density at radius 1 is 1.29 bits per heavy atom. The fourth-order valence-electron chi connectivity index (χ4n) is 2.54. The van der Waals surface area contributed by atoms with Gasteiger partial charge in [-0.25, -0.2) is 0 Å². The molecule has 14 heavy (non-hydrogen) atoms. The van der Waals surface area contributed by atoms with Crippen molar-refractivity contribution in [3.63, 3.8) is 0 Å². The number of nitrogens with zero attached hydrogens (tertiary/aromatic N) is 1. The van der Waals surface area contributed by atoms with Gasteiger partial charge in [-0.3, -0.25) is 4.79 Å². The number of carbonyl (C=O) groups excluding carboxylic acids is 1. The topological polar surface area (TPSA) is 20.3 Å². The molecular formula is C12H13NO. The summed E-state index contributed by atoms with van der Waals surface area (Å²) in [6.07, 6.45) is 2.07. The molecule has 0 bridgehead atoms. The van der Waals surface area contributed by atoms with Gasteiger partial charge >= 0.3 is 0 Å². The maximum absolute atomic E-state index is 12.0. The average molecular weight is 187 g/mol. The third-order valence-electron chi connectivity index (χ3n) is 3.45. The smallest absolute Gasteiger partial charge is 0.233 e. The lowest BCUT2D eigenvalue weighted by Gasteiger charge is -2.31. The molecule has 1 aliphatic heterocycles. The lowest BCUT2D eigenvalue weighted by molar-refractivity contribution is -0.134. The second-order valence-corrected chi connectivity index (χ2v) is 4.40. The number of benzene rings is 1. The SMILES string of the molecule is CN1Cc2ccccc2C2(CC2)C1=O. The van der Waals surface area contributed by atoms with Crippen LogP contribution in [0.25, 0.3) is 0 Å². The third-order valence-corrected chi connectivity index (χ3v) is 3.45. The molecule has 1 aliphatic carbocycles. The van der Waals surface area contributed by atoms with Gasteiger partial charge in [0, 0.05) is 13.6 Å². The van der Waals surface area contributed by atoms with Gasteiger partial charge in [0.05, 0.1) is 5.41 Å². The maximum Gasteiger partial charge on any atom is 0.233 e.